The van der Waals surface area contributed by atoms with Gasteiger partial charge >= 0.3 is 12.1 Å². The van der Waals surface area contributed by atoms with Crippen LogP contribution in [-0.2, 0) is 14.3 Å². The number of fused-ring (bicyclic) bond motifs is 3. The molecule has 0 bridgehead atoms. The van der Waals surface area contributed by atoms with E-state index in [0.717, 1.165) is 17.5 Å². The van der Waals surface area contributed by atoms with Gasteiger partial charge in [-0.25, -0.2) is 4.79 Å². The number of hydrogen-bond donors (Lipinski definition) is 3. The molecule has 0 spiro atoms. The summed E-state index contributed by atoms with van der Waals surface area (Å²) in [6.07, 6.45) is 2.49. The number of rotatable bonds is 10. The van der Waals surface area contributed by atoms with Crippen molar-refractivity contribution < 1.29 is 24.2 Å². The van der Waals surface area contributed by atoms with E-state index in [1.54, 1.807) is 0 Å². The first-order valence-corrected chi connectivity index (χ1v) is 12.0. The highest BCUT2D eigenvalue weighted by atomic mass is 16.5. The zero-order valence-electron chi connectivity index (χ0n) is 19.5. The van der Waals surface area contributed by atoms with Crippen molar-refractivity contribution in [2.24, 2.45) is 11.3 Å². The first-order chi connectivity index (χ1) is 16.4. The van der Waals surface area contributed by atoms with E-state index in [1.165, 1.54) is 11.1 Å². The van der Waals surface area contributed by atoms with Crippen molar-refractivity contribution in [3.63, 3.8) is 0 Å². The largest absolute Gasteiger partial charge is 0.481 e. The average Bonchev–Trinajstić information content (AvgIpc) is 3.13. The van der Waals surface area contributed by atoms with Crippen LogP contribution in [0.4, 0.5) is 4.79 Å². The molecule has 1 fully saturated rings. The van der Waals surface area contributed by atoms with Gasteiger partial charge in [-0.1, -0.05) is 68.3 Å². The topological polar surface area (TPSA) is 105 Å². The quantitative estimate of drug-likeness (QED) is 0.486. The summed E-state index contributed by atoms with van der Waals surface area (Å²) in [5.41, 5.74) is 4.00. The van der Waals surface area contributed by atoms with E-state index < -0.39 is 17.5 Å². The summed E-state index contributed by atoms with van der Waals surface area (Å²) in [5, 5.41) is 14.7. The number of alkyl carbamates (subject to hydrolysis) is 1. The van der Waals surface area contributed by atoms with Gasteiger partial charge in [0.1, 0.15) is 6.61 Å². The fourth-order valence-electron chi connectivity index (χ4n) is 5.01. The van der Waals surface area contributed by atoms with Crippen molar-refractivity contribution in [2.75, 3.05) is 19.7 Å². The standard InChI is InChI=1S/C27H32N2O5/c1-2-18(14-24(30)31)15-28-25(32)27(12-7-13-27)17-29-26(33)34-16-23-21-10-5-3-8-19(21)20-9-4-6-11-22(20)23/h3-6,8-11,18,23H,2,7,12-17H2,1H3,(H,28,32)(H,29,33)(H,30,31). The Morgan fingerprint density at radius 2 is 1.65 bits per heavy atom. The molecule has 34 heavy (non-hydrogen) atoms. The monoisotopic (exact) mass is 464 g/mol. The third kappa shape index (κ3) is 4.93. The molecule has 1 atom stereocenters. The summed E-state index contributed by atoms with van der Waals surface area (Å²) in [6, 6.07) is 16.3. The SMILES string of the molecule is CCC(CNC(=O)C1(CNC(=O)OCC2c3ccccc3-c3ccccc32)CCC1)CC(=O)O. The first-order valence-electron chi connectivity index (χ1n) is 12.0. The van der Waals surface area contributed by atoms with Crippen molar-refractivity contribution in [1.29, 1.82) is 0 Å². The molecule has 0 aromatic heterocycles. The second-order valence-electron chi connectivity index (χ2n) is 9.40. The Balaban J connectivity index is 1.30. The number of carbonyl (C=O) groups excluding carboxylic acids is 2. The average molecular weight is 465 g/mol. The minimum Gasteiger partial charge on any atom is -0.481 e. The van der Waals surface area contributed by atoms with E-state index >= 15 is 0 Å². The highest BCUT2D eigenvalue weighted by molar-refractivity contribution is 5.84. The second kappa shape index (κ2) is 10.3. The molecule has 2 aromatic rings. The van der Waals surface area contributed by atoms with Gasteiger partial charge < -0.3 is 20.5 Å². The fraction of sp³-hybridized carbons (Fsp3) is 0.444. The molecule has 0 heterocycles. The van der Waals surface area contributed by atoms with Crippen LogP contribution in [0.15, 0.2) is 48.5 Å². The molecule has 4 rings (SSSR count). The van der Waals surface area contributed by atoms with E-state index in [1.807, 2.05) is 31.2 Å². The molecule has 2 aliphatic carbocycles. The number of carbonyl (C=O) groups is 3. The predicted molar refractivity (Wildman–Crippen MR) is 128 cm³/mol. The summed E-state index contributed by atoms with van der Waals surface area (Å²) < 4.78 is 5.60. The Morgan fingerprint density at radius 3 is 2.18 bits per heavy atom. The molecule has 0 saturated heterocycles. The number of carboxylic acid groups (broad SMARTS) is 1. The molecule has 1 saturated carbocycles. The predicted octanol–water partition coefficient (Wildman–Crippen LogP) is 4.31. The molecule has 3 N–H and O–H groups in total. The van der Waals surface area contributed by atoms with Crippen LogP contribution < -0.4 is 10.6 Å². The lowest BCUT2D eigenvalue weighted by Crippen LogP contribution is -2.53. The van der Waals surface area contributed by atoms with Gasteiger partial charge in [0, 0.05) is 25.4 Å². The summed E-state index contributed by atoms with van der Waals surface area (Å²) >= 11 is 0. The molecular formula is C27H32N2O5. The minimum atomic E-state index is -0.864. The maximum atomic E-state index is 12.9. The third-order valence-corrected chi connectivity index (χ3v) is 7.30. The molecule has 0 radical (unpaired) electrons. The van der Waals surface area contributed by atoms with Crippen LogP contribution in [0, 0.1) is 11.3 Å². The van der Waals surface area contributed by atoms with E-state index in [9.17, 15) is 14.4 Å². The van der Waals surface area contributed by atoms with Crippen molar-refractivity contribution in [2.45, 2.75) is 44.9 Å². The van der Waals surface area contributed by atoms with E-state index in [2.05, 4.69) is 34.9 Å². The maximum Gasteiger partial charge on any atom is 0.407 e. The van der Waals surface area contributed by atoms with Crippen molar-refractivity contribution in [3.05, 3.63) is 59.7 Å². The number of nitrogens with one attached hydrogen (secondary N) is 2. The Hall–Kier alpha value is -3.35. The van der Waals surface area contributed by atoms with Crippen LogP contribution in [0.5, 0.6) is 0 Å². The van der Waals surface area contributed by atoms with Gasteiger partial charge in [-0.2, -0.15) is 0 Å². The summed E-state index contributed by atoms with van der Waals surface area (Å²) in [7, 11) is 0. The maximum absolute atomic E-state index is 12.9. The van der Waals surface area contributed by atoms with Crippen molar-refractivity contribution in [3.8, 4) is 11.1 Å². The fourth-order valence-corrected chi connectivity index (χ4v) is 5.01. The number of ether oxygens (including phenoxy) is 1. The van der Waals surface area contributed by atoms with Crippen LogP contribution in [0.3, 0.4) is 0 Å². The first kappa shape index (κ1) is 23.8. The van der Waals surface area contributed by atoms with Gasteiger partial charge in [-0.15, -0.1) is 0 Å². The molecular weight excluding hydrogens is 432 g/mol. The zero-order chi connectivity index (χ0) is 24.1. The molecule has 7 nitrogen and oxygen atoms in total. The Bertz CT molecular complexity index is 1020. The van der Waals surface area contributed by atoms with Crippen LogP contribution in [0.1, 0.15) is 56.1 Å². The summed E-state index contributed by atoms with van der Waals surface area (Å²) in [6.45, 7) is 2.68. The highest BCUT2D eigenvalue weighted by Crippen LogP contribution is 2.44. The number of amides is 2. The third-order valence-electron chi connectivity index (χ3n) is 7.30. The molecule has 0 aliphatic heterocycles. The normalized spacial score (nSPS) is 16.5. The van der Waals surface area contributed by atoms with Gasteiger partial charge in [0.05, 0.1) is 5.41 Å². The summed E-state index contributed by atoms with van der Waals surface area (Å²) in [5.74, 6) is -1.11. The number of carboxylic acids is 1. The molecule has 180 valence electrons. The second-order valence-corrected chi connectivity index (χ2v) is 9.40. The smallest absolute Gasteiger partial charge is 0.407 e. The number of hydrogen-bond acceptors (Lipinski definition) is 4. The van der Waals surface area contributed by atoms with Crippen LogP contribution in [-0.4, -0.2) is 42.8 Å². The molecule has 2 amide bonds. The van der Waals surface area contributed by atoms with Gasteiger partial charge in [0.25, 0.3) is 0 Å². The Kier molecular flexibility index (Phi) is 7.20. The van der Waals surface area contributed by atoms with E-state index in [0.29, 0.717) is 25.8 Å². The van der Waals surface area contributed by atoms with Crippen LogP contribution in [0.25, 0.3) is 11.1 Å². The Labute approximate surface area is 199 Å². The molecule has 2 aromatic carbocycles. The number of benzene rings is 2. The summed E-state index contributed by atoms with van der Waals surface area (Å²) in [4.78, 5) is 36.4. The zero-order valence-corrected chi connectivity index (χ0v) is 19.5. The minimum absolute atomic E-state index is 0.0145. The molecule has 7 heteroatoms. The van der Waals surface area contributed by atoms with Crippen LogP contribution >= 0.6 is 0 Å². The lowest BCUT2D eigenvalue weighted by Gasteiger charge is -2.40. The van der Waals surface area contributed by atoms with Gasteiger partial charge in [0.2, 0.25) is 5.91 Å². The Morgan fingerprint density at radius 1 is 1.03 bits per heavy atom. The molecule has 1 unspecified atom stereocenters. The van der Waals surface area contributed by atoms with Crippen molar-refractivity contribution in [1.82, 2.24) is 10.6 Å². The lowest BCUT2D eigenvalue weighted by molar-refractivity contribution is -0.139. The van der Waals surface area contributed by atoms with Crippen molar-refractivity contribution >= 4 is 18.0 Å². The van der Waals surface area contributed by atoms with Crippen LogP contribution in [0.2, 0.25) is 0 Å². The van der Waals surface area contributed by atoms with Gasteiger partial charge in [-0.3, -0.25) is 9.59 Å². The van der Waals surface area contributed by atoms with E-state index in [4.69, 9.17) is 9.84 Å². The van der Waals surface area contributed by atoms with E-state index in [-0.39, 0.29) is 37.3 Å². The van der Waals surface area contributed by atoms with Gasteiger partial charge in [-0.05, 0) is 41.0 Å². The molecule has 2 aliphatic rings. The number of aliphatic carboxylic acids is 1. The van der Waals surface area contributed by atoms with Gasteiger partial charge in [0.15, 0.2) is 0 Å². The lowest BCUT2D eigenvalue weighted by atomic mass is 9.68. The highest BCUT2D eigenvalue weighted by Gasteiger charge is 2.44.